The maximum atomic E-state index is 13.2. The van der Waals surface area contributed by atoms with Crippen molar-refractivity contribution in [1.82, 2.24) is 20.2 Å². The molecule has 3 atom stereocenters. The second-order valence-electron chi connectivity index (χ2n) is 12.2. The number of hydrogen-bond acceptors (Lipinski definition) is 11. The van der Waals surface area contributed by atoms with Gasteiger partial charge in [-0.25, -0.2) is 9.59 Å². The average Bonchev–Trinajstić information content (AvgIpc) is 3.54. The first-order valence-electron chi connectivity index (χ1n) is 16.3. The highest BCUT2D eigenvalue weighted by Crippen LogP contribution is 2.42. The molecule has 1 fully saturated rings. The molecule has 2 aliphatic heterocycles. The molecular weight excluding hydrogens is 691 g/mol. The van der Waals surface area contributed by atoms with Crippen molar-refractivity contribution in [3.05, 3.63) is 115 Å². The monoisotopic (exact) mass is 723 g/mol. The summed E-state index contributed by atoms with van der Waals surface area (Å²) < 4.78 is 12.8. The summed E-state index contributed by atoms with van der Waals surface area (Å²) in [6.45, 7) is -0.815. The fraction of sp³-hybridized carbons (Fsp3) is 0.222. The number of rotatable bonds is 12. The zero-order valence-electron chi connectivity index (χ0n) is 27.8. The number of carbonyl (C=O) groups excluding carboxylic acids is 2. The number of H-pyrrole nitrogens is 1. The Kier molecular flexibility index (Phi) is 10.7. The maximum Gasteiger partial charge on any atom is 0.336 e. The Hall–Kier alpha value is -6.30. The molecular formula is C36H32BN4O12. The number of phenolic OH excluding ortho intramolecular Hbond substituents is 1. The molecule has 2 amide bonds. The lowest BCUT2D eigenvalue weighted by atomic mass is 9.69. The van der Waals surface area contributed by atoms with E-state index in [1.165, 1.54) is 66.9 Å². The summed E-state index contributed by atoms with van der Waals surface area (Å²) in [5.41, 5.74) is -0.971. The summed E-state index contributed by atoms with van der Waals surface area (Å²) in [7, 11) is 1.63. The number of nitrogens with zero attached hydrogens (tertiary/aromatic N) is 1. The van der Waals surface area contributed by atoms with Crippen molar-refractivity contribution in [1.29, 1.82) is 0 Å². The predicted octanol–water partition coefficient (Wildman–Crippen LogP) is 1.30. The molecule has 1 aromatic heterocycles. The standard InChI is InChI=1S/C36H32BN4O12/c42-15-29-20(13-37-16-43)10-31(53-29)41-14-19(34(48)40-36(41)51)2-8-30(46)38-17-39-33(47)18-1-5-23(35(49)50)26(9-18)32-24-6-3-21(44)11-27(24)52-28-12-22(45)4-7-25(28)32/h1-9,11-12,14,20,29,31,42-44H,10,13,15-17H2,(H,38,46)(H,39,47)(H,49,50)(H,40,48,51)/b8-2+. The fourth-order valence-electron chi connectivity index (χ4n) is 6.29. The number of hydrogen-bond donors (Lipinski definition) is 7. The molecule has 2 aromatic carbocycles. The normalized spacial score (nSPS) is 17.0. The molecule has 3 heterocycles. The van der Waals surface area contributed by atoms with Crippen LogP contribution in [0.3, 0.4) is 0 Å². The first kappa shape index (κ1) is 36.5. The number of aromatic amines is 1. The van der Waals surface area contributed by atoms with Crippen LogP contribution in [0.25, 0.3) is 39.5 Å². The van der Waals surface area contributed by atoms with Gasteiger partial charge in [-0.05, 0) is 66.4 Å². The van der Waals surface area contributed by atoms with Gasteiger partial charge in [0.1, 0.15) is 30.6 Å². The van der Waals surface area contributed by atoms with Gasteiger partial charge in [0.15, 0.2) is 5.43 Å². The number of carbonyl (C=O) groups is 3. The summed E-state index contributed by atoms with van der Waals surface area (Å²) in [5.74, 6) is -2.81. The van der Waals surface area contributed by atoms with Crippen molar-refractivity contribution < 1.29 is 44.0 Å². The smallest absolute Gasteiger partial charge is 0.336 e. The van der Waals surface area contributed by atoms with E-state index >= 15 is 0 Å². The SMILES string of the molecule is O=C(/C=C/c1cn(C2CC(C[B]CO)C(CO)O2)c(=O)[nH]c1=O)NCNC(=O)c1ccc(C(=O)O)c(-c2c3ccc(=O)cc-3oc3cc(O)ccc23)c1. The van der Waals surface area contributed by atoms with E-state index in [1.807, 2.05) is 0 Å². The van der Waals surface area contributed by atoms with Gasteiger partial charge in [-0.2, -0.15) is 0 Å². The number of aromatic carboxylic acids is 1. The van der Waals surface area contributed by atoms with Gasteiger partial charge in [0.05, 0.1) is 30.5 Å². The lowest BCUT2D eigenvalue weighted by Gasteiger charge is -2.17. The van der Waals surface area contributed by atoms with Gasteiger partial charge in [-0.15, -0.1) is 0 Å². The number of ether oxygens (including phenoxy) is 1. The van der Waals surface area contributed by atoms with Crippen molar-refractivity contribution in [2.75, 3.05) is 19.8 Å². The number of carboxylic acid groups (broad SMARTS) is 1. The van der Waals surface area contributed by atoms with E-state index in [4.69, 9.17) is 14.3 Å². The Labute approximate surface area is 299 Å². The number of phenols is 1. The molecule has 0 bridgehead atoms. The van der Waals surface area contributed by atoms with E-state index < -0.39 is 41.4 Å². The Morgan fingerprint density at radius 3 is 2.57 bits per heavy atom. The number of nitrogens with one attached hydrogen (secondary N) is 3. The van der Waals surface area contributed by atoms with Crippen molar-refractivity contribution in [3.63, 3.8) is 0 Å². The topological polar surface area (TPSA) is 250 Å². The number of carboxylic acids is 1. The Morgan fingerprint density at radius 2 is 1.81 bits per heavy atom. The number of aromatic hydroxyl groups is 1. The van der Waals surface area contributed by atoms with Gasteiger partial charge >= 0.3 is 11.7 Å². The van der Waals surface area contributed by atoms with Crippen LogP contribution in [0, 0.1) is 5.92 Å². The van der Waals surface area contributed by atoms with Gasteiger partial charge in [0, 0.05) is 53.0 Å². The third-order valence-corrected chi connectivity index (χ3v) is 8.83. The lowest BCUT2D eigenvalue weighted by Crippen LogP contribution is -2.36. The molecule has 1 aliphatic carbocycles. The first-order valence-corrected chi connectivity index (χ1v) is 16.3. The van der Waals surface area contributed by atoms with Crippen LogP contribution in [0.1, 0.15) is 38.9 Å². The van der Waals surface area contributed by atoms with Gasteiger partial charge in [0.2, 0.25) is 5.91 Å². The highest BCUT2D eigenvalue weighted by atomic mass is 16.5. The second-order valence-corrected chi connectivity index (χ2v) is 12.2. The van der Waals surface area contributed by atoms with Gasteiger partial charge in [-0.3, -0.25) is 28.7 Å². The summed E-state index contributed by atoms with van der Waals surface area (Å²) in [4.78, 5) is 77.5. The van der Waals surface area contributed by atoms with Gasteiger partial charge in [0.25, 0.3) is 11.5 Å². The van der Waals surface area contributed by atoms with Crippen molar-refractivity contribution in [2.24, 2.45) is 5.92 Å². The van der Waals surface area contributed by atoms with Gasteiger partial charge in [-0.1, -0.05) is 6.32 Å². The molecule has 271 valence electrons. The van der Waals surface area contributed by atoms with Crippen molar-refractivity contribution in [2.45, 2.75) is 25.1 Å². The molecule has 3 aliphatic rings. The molecule has 16 nitrogen and oxygen atoms in total. The highest BCUT2D eigenvalue weighted by Gasteiger charge is 2.36. The van der Waals surface area contributed by atoms with E-state index in [1.54, 1.807) is 7.28 Å². The van der Waals surface area contributed by atoms with E-state index in [-0.39, 0.29) is 70.5 Å². The number of aliphatic hydroxyl groups is 2. The number of amides is 2. The van der Waals surface area contributed by atoms with Crippen LogP contribution in [0.4, 0.5) is 0 Å². The molecule has 1 radical (unpaired) electrons. The second kappa shape index (κ2) is 15.5. The summed E-state index contributed by atoms with van der Waals surface area (Å²) >= 11 is 0. The van der Waals surface area contributed by atoms with E-state index in [2.05, 4.69) is 15.6 Å². The molecule has 3 unspecified atom stereocenters. The minimum Gasteiger partial charge on any atom is -0.508 e. The quantitative estimate of drug-likeness (QED) is 0.0417. The molecule has 0 saturated carbocycles. The van der Waals surface area contributed by atoms with Crippen LogP contribution < -0.4 is 27.3 Å². The summed E-state index contributed by atoms with van der Waals surface area (Å²) in [6.07, 6.45) is 2.83. The number of fused-ring (bicyclic) bond motifs is 2. The third-order valence-electron chi connectivity index (χ3n) is 8.83. The molecule has 17 heteroatoms. The molecule has 7 N–H and O–H groups in total. The molecule has 3 aromatic rings. The summed E-state index contributed by atoms with van der Waals surface area (Å²) in [6, 6.07) is 12.2. The van der Waals surface area contributed by atoms with Crippen LogP contribution in [0.15, 0.2) is 85.7 Å². The van der Waals surface area contributed by atoms with Crippen LogP contribution in [-0.4, -0.2) is 80.9 Å². The number of aromatic nitrogens is 2. The third kappa shape index (κ3) is 7.81. The number of benzene rings is 3. The first-order chi connectivity index (χ1) is 25.5. The van der Waals surface area contributed by atoms with Crippen LogP contribution in [0.5, 0.6) is 5.75 Å². The van der Waals surface area contributed by atoms with Crippen molar-refractivity contribution in [3.8, 4) is 28.2 Å². The Bertz CT molecular complexity index is 2400. The largest absolute Gasteiger partial charge is 0.508 e. The Morgan fingerprint density at radius 1 is 1.00 bits per heavy atom. The van der Waals surface area contributed by atoms with E-state index in [9.17, 15) is 44.1 Å². The number of aliphatic hydroxyl groups excluding tert-OH is 2. The highest BCUT2D eigenvalue weighted by molar-refractivity contribution is 6.35. The van der Waals surface area contributed by atoms with E-state index in [0.29, 0.717) is 29.3 Å². The minimum absolute atomic E-state index is 0.0407. The van der Waals surface area contributed by atoms with Crippen molar-refractivity contribution >= 4 is 42.1 Å². The molecule has 53 heavy (non-hydrogen) atoms. The van der Waals surface area contributed by atoms with Gasteiger partial charge < -0.3 is 40.2 Å². The summed E-state index contributed by atoms with van der Waals surface area (Å²) in [5, 5.41) is 44.3. The Balaban J connectivity index is 1.18. The zero-order chi connectivity index (χ0) is 37.8. The fourth-order valence-corrected chi connectivity index (χ4v) is 6.29. The molecule has 0 spiro atoms. The molecule has 1 saturated heterocycles. The predicted molar refractivity (Wildman–Crippen MR) is 191 cm³/mol. The van der Waals surface area contributed by atoms with Crippen LogP contribution in [0.2, 0.25) is 6.32 Å². The lowest BCUT2D eigenvalue weighted by molar-refractivity contribution is -0.116. The zero-order valence-corrected chi connectivity index (χ0v) is 27.8. The molecule has 6 rings (SSSR count). The maximum absolute atomic E-state index is 13.2. The average molecular weight is 723 g/mol. The van der Waals surface area contributed by atoms with E-state index in [0.717, 1.165) is 10.6 Å². The van der Waals surface area contributed by atoms with Crippen LogP contribution in [-0.2, 0) is 9.53 Å². The minimum atomic E-state index is -1.28. The van der Waals surface area contributed by atoms with Crippen LogP contribution >= 0.6 is 0 Å².